The van der Waals surface area contributed by atoms with E-state index in [0.29, 0.717) is 12.5 Å². The number of carbonyl (C=O) groups is 1. The van der Waals surface area contributed by atoms with E-state index in [1.54, 1.807) is 0 Å². The molecule has 5 heteroatoms. The number of nitrogens with one attached hydrogen (secondary N) is 2. The Kier molecular flexibility index (Phi) is 3.03. The molecule has 0 spiro atoms. The third kappa shape index (κ3) is 2.92. The zero-order valence-electron chi connectivity index (χ0n) is 8.59. The Labute approximate surface area is 91.8 Å². The van der Waals surface area contributed by atoms with Crippen molar-refractivity contribution in [3.63, 3.8) is 0 Å². The van der Waals surface area contributed by atoms with Gasteiger partial charge in [-0.3, -0.25) is 0 Å². The van der Waals surface area contributed by atoms with Crippen molar-refractivity contribution in [3.05, 3.63) is 29.8 Å². The van der Waals surface area contributed by atoms with E-state index in [0.717, 1.165) is 25.0 Å². The zero-order valence-corrected chi connectivity index (χ0v) is 8.59. The molecule has 1 fully saturated rings. The van der Waals surface area contributed by atoms with Crippen LogP contribution in [0.2, 0.25) is 0 Å². The highest BCUT2D eigenvalue weighted by Gasteiger charge is 2.21. The fraction of sp³-hybridized carbons (Fsp3) is 0.364. The van der Waals surface area contributed by atoms with Crippen LogP contribution < -0.4 is 10.6 Å². The molecule has 0 atom stereocenters. The Morgan fingerprint density at radius 1 is 1.38 bits per heavy atom. The molecule has 1 aliphatic carbocycles. The predicted octanol–water partition coefficient (Wildman–Crippen LogP) is 2.50. The van der Waals surface area contributed by atoms with E-state index in [2.05, 4.69) is 10.6 Å². The second kappa shape index (κ2) is 4.47. The van der Waals surface area contributed by atoms with E-state index >= 15 is 0 Å². The van der Waals surface area contributed by atoms with Crippen molar-refractivity contribution in [2.24, 2.45) is 5.92 Å². The van der Waals surface area contributed by atoms with E-state index in [4.69, 9.17) is 0 Å². The third-order valence-corrected chi connectivity index (χ3v) is 2.43. The number of rotatable bonds is 3. The van der Waals surface area contributed by atoms with Crippen LogP contribution in [0.3, 0.4) is 0 Å². The molecular formula is C11H12F2N2O. The van der Waals surface area contributed by atoms with Gasteiger partial charge in [0.15, 0.2) is 0 Å². The largest absolute Gasteiger partial charge is 0.338 e. The lowest BCUT2D eigenvalue weighted by Gasteiger charge is -2.07. The first-order valence-corrected chi connectivity index (χ1v) is 5.15. The molecule has 86 valence electrons. The summed E-state index contributed by atoms with van der Waals surface area (Å²) in [6, 6.07) is 2.56. The van der Waals surface area contributed by atoms with E-state index in [9.17, 15) is 13.6 Å². The van der Waals surface area contributed by atoms with Crippen LogP contribution in [0.1, 0.15) is 12.8 Å². The molecule has 0 aromatic heterocycles. The lowest BCUT2D eigenvalue weighted by Crippen LogP contribution is -2.30. The average Bonchev–Trinajstić information content (AvgIpc) is 3.03. The standard InChI is InChI=1S/C11H12F2N2O/c12-8-3-4-10(9(13)5-8)15-11(16)14-6-7-1-2-7/h3-5,7H,1-2,6H2,(H2,14,15,16). The number of amides is 2. The minimum atomic E-state index is -0.776. The summed E-state index contributed by atoms with van der Waals surface area (Å²) in [7, 11) is 0. The van der Waals surface area contributed by atoms with Crippen molar-refractivity contribution in [1.82, 2.24) is 5.32 Å². The Balaban J connectivity index is 1.89. The number of anilines is 1. The van der Waals surface area contributed by atoms with Gasteiger partial charge in [-0.1, -0.05) is 0 Å². The molecule has 1 aliphatic rings. The zero-order chi connectivity index (χ0) is 11.5. The SMILES string of the molecule is O=C(NCC1CC1)Nc1ccc(F)cc1F. The first-order valence-electron chi connectivity index (χ1n) is 5.15. The maximum atomic E-state index is 13.1. The number of benzene rings is 1. The minimum Gasteiger partial charge on any atom is -0.338 e. The lowest BCUT2D eigenvalue weighted by molar-refractivity contribution is 0.251. The molecule has 0 radical (unpaired) electrons. The van der Waals surface area contributed by atoms with Crippen LogP contribution in [0.15, 0.2) is 18.2 Å². The molecule has 2 N–H and O–H groups in total. The van der Waals surface area contributed by atoms with Crippen LogP contribution in [-0.4, -0.2) is 12.6 Å². The average molecular weight is 226 g/mol. The molecule has 2 amide bonds. The second-order valence-corrected chi connectivity index (χ2v) is 3.90. The monoisotopic (exact) mass is 226 g/mol. The smallest absolute Gasteiger partial charge is 0.319 e. The van der Waals surface area contributed by atoms with E-state index < -0.39 is 17.7 Å². The summed E-state index contributed by atoms with van der Waals surface area (Å²) in [5, 5.41) is 4.95. The Morgan fingerprint density at radius 2 is 2.12 bits per heavy atom. The molecular weight excluding hydrogens is 214 g/mol. The van der Waals surface area contributed by atoms with E-state index in [-0.39, 0.29) is 5.69 Å². The topological polar surface area (TPSA) is 41.1 Å². The van der Waals surface area contributed by atoms with Crippen LogP contribution in [0.4, 0.5) is 19.3 Å². The van der Waals surface area contributed by atoms with Crippen molar-refractivity contribution < 1.29 is 13.6 Å². The Morgan fingerprint density at radius 3 is 2.75 bits per heavy atom. The van der Waals surface area contributed by atoms with Crippen molar-refractivity contribution in [2.45, 2.75) is 12.8 Å². The summed E-state index contributed by atoms with van der Waals surface area (Å²) in [4.78, 5) is 11.3. The fourth-order valence-electron chi connectivity index (χ4n) is 1.32. The van der Waals surface area contributed by atoms with Crippen molar-refractivity contribution in [1.29, 1.82) is 0 Å². The maximum absolute atomic E-state index is 13.1. The van der Waals surface area contributed by atoms with Crippen molar-refractivity contribution in [2.75, 3.05) is 11.9 Å². The van der Waals surface area contributed by atoms with Gasteiger partial charge in [0.2, 0.25) is 0 Å². The van der Waals surface area contributed by atoms with Gasteiger partial charge in [0.1, 0.15) is 11.6 Å². The van der Waals surface area contributed by atoms with Crippen LogP contribution in [0.25, 0.3) is 0 Å². The number of halogens is 2. The molecule has 1 saturated carbocycles. The molecule has 0 heterocycles. The summed E-state index contributed by atoms with van der Waals surface area (Å²) in [5.74, 6) is -0.883. The van der Waals surface area contributed by atoms with Crippen LogP contribution >= 0.6 is 0 Å². The van der Waals surface area contributed by atoms with Gasteiger partial charge in [0.05, 0.1) is 5.69 Å². The van der Waals surface area contributed by atoms with Gasteiger partial charge in [-0.05, 0) is 30.9 Å². The summed E-state index contributed by atoms with van der Waals surface area (Å²) in [6.45, 7) is 0.606. The highest BCUT2D eigenvalue weighted by Crippen LogP contribution is 2.27. The molecule has 1 aromatic carbocycles. The first kappa shape index (κ1) is 10.9. The Hall–Kier alpha value is -1.65. The third-order valence-electron chi connectivity index (χ3n) is 2.43. The molecule has 0 saturated heterocycles. The van der Waals surface area contributed by atoms with Gasteiger partial charge >= 0.3 is 6.03 Å². The molecule has 0 unspecified atom stereocenters. The number of hydrogen-bond acceptors (Lipinski definition) is 1. The summed E-state index contributed by atoms with van der Waals surface area (Å²) >= 11 is 0. The van der Waals surface area contributed by atoms with Gasteiger partial charge < -0.3 is 10.6 Å². The number of hydrogen-bond donors (Lipinski definition) is 2. The summed E-state index contributed by atoms with van der Waals surface area (Å²) < 4.78 is 25.7. The first-order chi connectivity index (χ1) is 7.65. The quantitative estimate of drug-likeness (QED) is 0.816. The molecule has 2 rings (SSSR count). The molecule has 0 aliphatic heterocycles. The van der Waals surface area contributed by atoms with Crippen molar-refractivity contribution >= 4 is 11.7 Å². The molecule has 16 heavy (non-hydrogen) atoms. The molecule has 1 aromatic rings. The summed E-state index contributed by atoms with van der Waals surface area (Å²) in [5.41, 5.74) is -0.0188. The predicted molar refractivity (Wildman–Crippen MR) is 56.1 cm³/mol. The number of carbonyl (C=O) groups excluding carboxylic acids is 1. The van der Waals surface area contributed by atoms with Crippen LogP contribution in [0, 0.1) is 17.6 Å². The highest BCUT2D eigenvalue weighted by atomic mass is 19.1. The van der Waals surface area contributed by atoms with Crippen LogP contribution in [0.5, 0.6) is 0 Å². The van der Waals surface area contributed by atoms with E-state index in [1.165, 1.54) is 6.07 Å². The Bertz CT molecular complexity index is 405. The summed E-state index contributed by atoms with van der Waals surface area (Å²) in [6.07, 6.45) is 2.26. The van der Waals surface area contributed by atoms with Gasteiger partial charge in [-0.2, -0.15) is 0 Å². The fourth-order valence-corrected chi connectivity index (χ4v) is 1.32. The van der Waals surface area contributed by atoms with Crippen molar-refractivity contribution in [3.8, 4) is 0 Å². The lowest BCUT2D eigenvalue weighted by atomic mass is 10.3. The van der Waals surface area contributed by atoms with Gasteiger partial charge in [-0.25, -0.2) is 13.6 Å². The van der Waals surface area contributed by atoms with Gasteiger partial charge in [0, 0.05) is 12.6 Å². The maximum Gasteiger partial charge on any atom is 0.319 e. The number of urea groups is 1. The molecule has 3 nitrogen and oxygen atoms in total. The minimum absolute atomic E-state index is 0.0188. The van der Waals surface area contributed by atoms with Gasteiger partial charge in [-0.15, -0.1) is 0 Å². The van der Waals surface area contributed by atoms with E-state index in [1.807, 2.05) is 0 Å². The second-order valence-electron chi connectivity index (χ2n) is 3.90. The molecule has 0 bridgehead atoms. The van der Waals surface area contributed by atoms with Crippen LogP contribution in [-0.2, 0) is 0 Å². The normalized spacial score (nSPS) is 14.6. The highest BCUT2D eigenvalue weighted by molar-refractivity contribution is 5.89. The van der Waals surface area contributed by atoms with Gasteiger partial charge in [0.25, 0.3) is 0 Å².